The van der Waals surface area contributed by atoms with E-state index in [2.05, 4.69) is 31.1 Å². The van der Waals surface area contributed by atoms with Gasteiger partial charge in [0.05, 0.1) is 5.69 Å². The molecule has 0 aliphatic heterocycles. The summed E-state index contributed by atoms with van der Waals surface area (Å²) in [6.45, 7) is 8.37. The summed E-state index contributed by atoms with van der Waals surface area (Å²) in [4.78, 5) is 31.2. The molecule has 3 rings (SSSR count). The Kier molecular flexibility index (Phi) is 5.14. The Morgan fingerprint density at radius 1 is 1.23 bits per heavy atom. The SMILES string of the molecule is Cc1csc(NC(=O)CN(C(=O)c2ccc(C(C)(C)C)cc2)C2CC2)n1. The average Bonchev–Trinajstić information content (AvgIpc) is 3.34. The van der Waals surface area contributed by atoms with Crippen LogP contribution in [0.4, 0.5) is 5.13 Å². The summed E-state index contributed by atoms with van der Waals surface area (Å²) in [5, 5.41) is 5.25. The molecule has 1 aliphatic carbocycles. The lowest BCUT2D eigenvalue weighted by Gasteiger charge is -2.23. The molecule has 0 spiro atoms. The zero-order chi connectivity index (χ0) is 18.9. The van der Waals surface area contributed by atoms with Crippen LogP contribution in [0.5, 0.6) is 0 Å². The second-order valence-electron chi connectivity index (χ2n) is 7.83. The van der Waals surface area contributed by atoms with Crippen LogP contribution >= 0.6 is 11.3 Å². The molecule has 1 heterocycles. The van der Waals surface area contributed by atoms with Gasteiger partial charge in [0, 0.05) is 17.0 Å². The van der Waals surface area contributed by atoms with E-state index in [9.17, 15) is 9.59 Å². The molecule has 6 heteroatoms. The minimum atomic E-state index is -0.203. The van der Waals surface area contributed by atoms with Crippen LogP contribution in [0, 0.1) is 6.92 Å². The van der Waals surface area contributed by atoms with E-state index in [-0.39, 0.29) is 29.8 Å². The zero-order valence-corrected chi connectivity index (χ0v) is 16.5. The fourth-order valence-corrected chi connectivity index (χ4v) is 3.46. The number of nitrogens with zero attached hydrogens (tertiary/aromatic N) is 2. The second kappa shape index (κ2) is 7.19. The minimum Gasteiger partial charge on any atom is -0.326 e. The molecule has 1 N–H and O–H groups in total. The van der Waals surface area contributed by atoms with E-state index < -0.39 is 0 Å². The minimum absolute atomic E-state index is 0.0451. The van der Waals surface area contributed by atoms with Crippen LogP contribution in [-0.2, 0) is 10.2 Å². The van der Waals surface area contributed by atoms with Crippen molar-refractivity contribution in [3.63, 3.8) is 0 Å². The van der Waals surface area contributed by atoms with Crippen molar-refractivity contribution < 1.29 is 9.59 Å². The van der Waals surface area contributed by atoms with Crippen LogP contribution in [0.2, 0.25) is 0 Å². The zero-order valence-electron chi connectivity index (χ0n) is 15.7. The summed E-state index contributed by atoms with van der Waals surface area (Å²) in [5.74, 6) is -0.288. The predicted octanol–water partition coefficient (Wildman–Crippen LogP) is 3.99. The number of amides is 2. The number of carbonyl (C=O) groups is 2. The number of anilines is 1. The van der Waals surface area contributed by atoms with Gasteiger partial charge >= 0.3 is 0 Å². The van der Waals surface area contributed by atoms with Crippen LogP contribution < -0.4 is 5.32 Å². The molecule has 0 radical (unpaired) electrons. The summed E-state index contributed by atoms with van der Waals surface area (Å²) in [6.07, 6.45) is 1.91. The molecule has 26 heavy (non-hydrogen) atoms. The Morgan fingerprint density at radius 3 is 2.38 bits per heavy atom. The number of hydrogen-bond donors (Lipinski definition) is 1. The molecule has 1 aliphatic rings. The van der Waals surface area contributed by atoms with Gasteiger partial charge < -0.3 is 10.2 Å². The molecule has 1 fully saturated rings. The van der Waals surface area contributed by atoms with Crippen LogP contribution in [-0.4, -0.2) is 34.3 Å². The van der Waals surface area contributed by atoms with Crippen molar-refractivity contribution in [1.82, 2.24) is 9.88 Å². The Balaban J connectivity index is 1.69. The van der Waals surface area contributed by atoms with Crippen molar-refractivity contribution in [2.24, 2.45) is 0 Å². The highest BCUT2D eigenvalue weighted by Gasteiger charge is 2.34. The molecule has 0 bridgehead atoms. The number of benzene rings is 1. The number of nitrogens with one attached hydrogen (secondary N) is 1. The van der Waals surface area contributed by atoms with E-state index in [1.54, 1.807) is 4.90 Å². The van der Waals surface area contributed by atoms with Gasteiger partial charge in [-0.05, 0) is 42.9 Å². The first-order valence-corrected chi connectivity index (χ1v) is 9.75. The molecule has 0 unspecified atom stereocenters. The largest absolute Gasteiger partial charge is 0.326 e. The molecule has 0 saturated heterocycles. The third-order valence-electron chi connectivity index (χ3n) is 4.43. The topological polar surface area (TPSA) is 62.3 Å². The van der Waals surface area contributed by atoms with E-state index >= 15 is 0 Å². The molecule has 0 atom stereocenters. The standard InChI is InChI=1S/C20H25N3O2S/c1-13-12-26-19(21-13)22-17(24)11-23(16-9-10-16)18(25)14-5-7-15(8-6-14)20(2,3)4/h5-8,12,16H,9-11H2,1-4H3,(H,21,22,24). The molecule has 2 amide bonds. The van der Waals surface area contributed by atoms with Gasteiger partial charge in [-0.25, -0.2) is 4.98 Å². The monoisotopic (exact) mass is 371 g/mol. The van der Waals surface area contributed by atoms with Gasteiger partial charge in [0.1, 0.15) is 6.54 Å². The fraction of sp³-hybridized carbons (Fsp3) is 0.450. The Hall–Kier alpha value is -2.21. The molecule has 1 saturated carbocycles. The van der Waals surface area contributed by atoms with E-state index in [0.717, 1.165) is 18.5 Å². The van der Waals surface area contributed by atoms with E-state index in [0.29, 0.717) is 10.7 Å². The Morgan fingerprint density at radius 2 is 1.88 bits per heavy atom. The molecular weight excluding hydrogens is 346 g/mol. The maximum Gasteiger partial charge on any atom is 0.254 e. The van der Waals surface area contributed by atoms with Crippen molar-refractivity contribution in [3.8, 4) is 0 Å². The summed E-state index contributed by atoms with van der Waals surface area (Å²) >= 11 is 1.39. The lowest BCUT2D eigenvalue weighted by molar-refractivity contribution is -0.117. The highest BCUT2D eigenvalue weighted by atomic mass is 32.1. The van der Waals surface area contributed by atoms with E-state index in [1.165, 1.54) is 16.9 Å². The molecule has 1 aromatic heterocycles. The maximum atomic E-state index is 12.9. The van der Waals surface area contributed by atoms with Gasteiger partial charge in [0.2, 0.25) is 5.91 Å². The highest BCUT2D eigenvalue weighted by molar-refractivity contribution is 7.13. The first-order valence-electron chi connectivity index (χ1n) is 8.87. The smallest absolute Gasteiger partial charge is 0.254 e. The molecule has 2 aromatic rings. The number of aryl methyl sites for hydroxylation is 1. The number of thiazole rings is 1. The van der Waals surface area contributed by atoms with Gasteiger partial charge in [0.15, 0.2) is 5.13 Å². The highest BCUT2D eigenvalue weighted by Crippen LogP contribution is 2.29. The van der Waals surface area contributed by atoms with E-state index in [1.807, 2.05) is 36.6 Å². The van der Waals surface area contributed by atoms with Crippen molar-refractivity contribution >= 4 is 28.3 Å². The third-order valence-corrected chi connectivity index (χ3v) is 5.30. The van der Waals surface area contributed by atoms with Crippen LogP contribution in [0.15, 0.2) is 29.6 Å². The van der Waals surface area contributed by atoms with Gasteiger partial charge in [-0.2, -0.15) is 0 Å². The van der Waals surface area contributed by atoms with Gasteiger partial charge in [-0.1, -0.05) is 32.9 Å². The fourth-order valence-electron chi connectivity index (χ4n) is 2.76. The Labute approximate surface area is 158 Å². The predicted molar refractivity (Wildman–Crippen MR) is 105 cm³/mol. The Bertz CT molecular complexity index is 801. The average molecular weight is 372 g/mol. The van der Waals surface area contributed by atoms with Gasteiger partial charge in [-0.3, -0.25) is 9.59 Å². The second-order valence-corrected chi connectivity index (χ2v) is 8.69. The number of aromatic nitrogens is 1. The lowest BCUT2D eigenvalue weighted by atomic mass is 9.86. The number of hydrogen-bond acceptors (Lipinski definition) is 4. The quantitative estimate of drug-likeness (QED) is 0.864. The molecule has 1 aromatic carbocycles. The third kappa shape index (κ3) is 4.49. The summed E-state index contributed by atoms with van der Waals surface area (Å²) in [6, 6.07) is 7.88. The normalized spacial score (nSPS) is 14.2. The first kappa shape index (κ1) is 18.6. The van der Waals surface area contributed by atoms with Crippen LogP contribution in [0.1, 0.15) is 55.2 Å². The maximum absolute atomic E-state index is 12.9. The van der Waals surface area contributed by atoms with Crippen molar-refractivity contribution in [2.45, 2.75) is 52.0 Å². The molecule has 5 nitrogen and oxygen atoms in total. The summed E-state index contributed by atoms with van der Waals surface area (Å²) in [5.41, 5.74) is 2.73. The number of carbonyl (C=O) groups excluding carboxylic acids is 2. The summed E-state index contributed by atoms with van der Waals surface area (Å²) < 4.78 is 0. The number of rotatable bonds is 5. The van der Waals surface area contributed by atoms with E-state index in [4.69, 9.17) is 0 Å². The van der Waals surface area contributed by atoms with Gasteiger partial charge in [0.25, 0.3) is 5.91 Å². The summed E-state index contributed by atoms with van der Waals surface area (Å²) in [7, 11) is 0. The van der Waals surface area contributed by atoms with Gasteiger partial charge in [-0.15, -0.1) is 11.3 Å². The van der Waals surface area contributed by atoms with Crippen molar-refractivity contribution in [1.29, 1.82) is 0 Å². The first-order chi connectivity index (χ1) is 12.2. The molecule has 138 valence electrons. The van der Waals surface area contributed by atoms with Crippen molar-refractivity contribution in [3.05, 3.63) is 46.5 Å². The van der Waals surface area contributed by atoms with Crippen LogP contribution in [0.3, 0.4) is 0 Å². The molecular formula is C20H25N3O2S. The van der Waals surface area contributed by atoms with Crippen LogP contribution in [0.25, 0.3) is 0 Å². The lowest BCUT2D eigenvalue weighted by Crippen LogP contribution is -2.39. The van der Waals surface area contributed by atoms with Crippen molar-refractivity contribution in [2.75, 3.05) is 11.9 Å².